The van der Waals surface area contributed by atoms with Gasteiger partial charge in [-0.05, 0) is 48.7 Å². The van der Waals surface area contributed by atoms with Crippen LogP contribution in [-0.2, 0) is 16.0 Å². The predicted molar refractivity (Wildman–Crippen MR) is 114 cm³/mol. The van der Waals surface area contributed by atoms with Crippen molar-refractivity contribution in [3.8, 4) is 0 Å². The summed E-state index contributed by atoms with van der Waals surface area (Å²) in [4.78, 5) is 24.8. The Kier molecular flexibility index (Phi) is 4.28. The lowest BCUT2D eigenvalue weighted by Crippen LogP contribution is -2.30. The van der Waals surface area contributed by atoms with Gasteiger partial charge < -0.3 is 15.1 Å². The van der Waals surface area contributed by atoms with Crippen LogP contribution in [-0.4, -0.2) is 11.8 Å². The number of carbonyl (C=O) groups is 2. The number of para-hydroxylation sites is 2. The Morgan fingerprint density at radius 3 is 2.72 bits per heavy atom. The maximum atomic E-state index is 12.5. The molecule has 1 aromatic heterocycles. The van der Waals surface area contributed by atoms with Crippen LogP contribution in [0.5, 0.6) is 0 Å². The number of hydrogen-bond donors (Lipinski definition) is 2. The Labute approximate surface area is 167 Å². The zero-order chi connectivity index (χ0) is 19.8. The summed E-state index contributed by atoms with van der Waals surface area (Å²) >= 11 is 0. The fourth-order valence-electron chi connectivity index (χ4n) is 3.98. The first-order valence-corrected chi connectivity index (χ1v) is 9.77. The predicted octanol–water partition coefficient (Wildman–Crippen LogP) is 5.12. The number of hydrogen-bond acceptors (Lipinski definition) is 3. The van der Waals surface area contributed by atoms with Crippen LogP contribution in [0.4, 0.5) is 11.4 Å². The molecule has 0 bridgehead atoms. The number of amides is 2. The third-order valence-electron chi connectivity index (χ3n) is 5.49. The van der Waals surface area contributed by atoms with Crippen molar-refractivity contribution in [3.05, 3.63) is 72.3 Å². The SMILES string of the molecule is O=C(CCC1Cc2ccccc2NC1=O)Nc1ccc2oc3ccccc3c2c1. The summed E-state index contributed by atoms with van der Waals surface area (Å²) < 4.78 is 5.82. The van der Waals surface area contributed by atoms with Crippen molar-refractivity contribution >= 4 is 45.1 Å². The van der Waals surface area contributed by atoms with E-state index in [4.69, 9.17) is 4.42 Å². The average molecular weight is 384 g/mol. The Morgan fingerprint density at radius 2 is 1.79 bits per heavy atom. The van der Waals surface area contributed by atoms with E-state index < -0.39 is 0 Å². The molecule has 3 aromatic carbocycles. The number of fused-ring (bicyclic) bond motifs is 4. The summed E-state index contributed by atoms with van der Waals surface area (Å²) in [6, 6.07) is 21.3. The Bertz CT molecular complexity index is 1240. The van der Waals surface area contributed by atoms with E-state index in [1.54, 1.807) is 0 Å². The van der Waals surface area contributed by atoms with E-state index in [-0.39, 0.29) is 17.7 Å². The molecule has 1 atom stereocenters. The Morgan fingerprint density at radius 1 is 1.00 bits per heavy atom. The van der Waals surface area contributed by atoms with Crippen molar-refractivity contribution in [1.82, 2.24) is 0 Å². The first-order chi connectivity index (χ1) is 14.2. The largest absolute Gasteiger partial charge is 0.456 e. The molecular formula is C24H20N2O3. The second kappa shape index (κ2) is 7.09. The van der Waals surface area contributed by atoms with Crippen molar-refractivity contribution in [2.75, 3.05) is 10.6 Å². The van der Waals surface area contributed by atoms with Gasteiger partial charge in [0.1, 0.15) is 11.2 Å². The highest BCUT2D eigenvalue weighted by Gasteiger charge is 2.26. The molecule has 0 saturated carbocycles. The fourth-order valence-corrected chi connectivity index (χ4v) is 3.98. The van der Waals surface area contributed by atoms with Gasteiger partial charge in [0.05, 0.1) is 0 Å². The molecule has 0 aliphatic carbocycles. The second-order valence-electron chi connectivity index (χ2n) is 7.44. The molecule has 0 radical (unpaired) electrons. The monoisotopic (exact) mass is 384 g/mol. The quantitative estimate of drug-likeness (QED) is 0.513. The van der Waals surface area contributed by atoms with Crippen LogP contribution in [0.3, 0.4) is 0 Å². The number of furan rings is 1. The normalized spacial score (nSPS) is 15.9. The number of carbonyl (C=O) groups excluding carboxylic acids is 2. The molecule has 2 heterocycles. The first kappa shape index (κ1) is 17.5. The van der Waals surface area contributed by atoms with Crippen LogP contribution in [0.15, 0.2) is 71.1 Å². The summed E-state index contributed by atoms with van der Waals surface area (Å²) in [5, 5.41) is 7.88. The van der Waals surface area contributed by atoms with E-state index in [0.717, 1.165) is 38.9 Å². The maximum absolute atomic E-state index is 12.5. The average Bonchev–Trinajstić information content (AvgIpc) is 3.10. The number of anilines is 2. The van der Waals surface area contributed by atoms with E-state index in [1.165, 1.54) is 0 Å². The lowest BCUT2D eigenvalue weighted by molar-refractivity contribution is -0.121. The molecule has 1 aliphatic rings. The fraction of sp³-hybridized carbons (Fsp3) is 0.167. The van der Waals surface area contributed by atoms with Crippen molar-refractivity contribution in [3.63, 3.8) is 0 Å². The minimum atomic E-state index is -0.184. The third kappa shape index (κ3) is 3.36. The smallest absolute Gasteiger partial charge is 0.227 e. The zero-order valence-electron chi connectivity index (χ0n) is 15.8. The molecule has 5 heteroatoms. The van der Waals surface area contributed by atoms with Crippen molar-refractivity contribution < 1.29 is 14.0 Å². The summed E-state index contributed by atoms with van der Waals surface area (Å²) in [5.41, 5.74) is 4.34. The van der Waals surface area contributed by atoms with E-state index in [9.17, 15) is 9.59 Å². The van der Waals surface area contributed by atoms with Crippen LogP contribution in [0.1, 0.15) is 18.4 Å². The molecule has 0 spiro atoms. The number of benzene rings is 3. The zero-order valence-corrected chi connectivity index (χ0v) is 15.8. The molecule has 2 amide bonds. The topological polar surface area (TPSA) is 71.3 Å². The van der Waals surface area contributed by atoms with E-state index >= 15 is 0 Å². The Balaban J connectivity index is 1.26. The number of nitrogens with one attached hydrogen (secondary N) is 2. The highest BCUT2D eigenvalue weighted by molar-refractivity contribution is 6.07. The molecular weight excluding hydrogens is 364 g/mol. The summed E-state index contributed by atoms with van der Waals surface area (Å²) in [6.07, 6.45) is 1.48. The van der Waals surface area contributed by atoms with Gasteiger partial charge in [0.25, 0.3) is 0 Å². The molecule has 4 aromatic rings. The van der Waals surface area contributed by atoms with E-state index in [2.05, 4.69) is 10.6 Å². The van der Waals surface area contributed by atoms with Gasteiger partial charge in [-0.25, -0.2) is 0 Å². The van der Waals surface area contributed by atoms with Crippen molar-refractivity contribution in [1.29, 1.82) is 0 Å². The molecule has 144 valence electrons. The Hall–Kier alpha value is -3.60. The minimum Gasteiger partial charge on any atom is -0.456 e. The molecule has 5 nitrogen and oxygen atoms in total. The molecule has 1 aliphatic heterocycles. The molecule has 0 saturated heterocycles. The van der Waals surface area contributed by atoms with Crippen LogP contribution >= 0.6 is 0 Å². The first-order valence-electron chi connectivity index (χ1n) is 9.77. The summed E-state index contributed by atoms with van der Waals surface area (Å²) in [6.45, 7) is 0. The van der Waals surface area contributed by atoms with Gasteiger partial charge in [0.2, 0.25) is 11.8 Å². The standard InChI is InChI=1S/C24H20N2O3/c27-23(12-9-16-13-15-5-1-3-7-20(15)26-24(16)28)25-17-10-11-22-19(14-17)18-6-2-4-8-21(18)29-22/h1-8,10-11,14,16H,9,12-13H2,(H,25,27)(H,26,28). The van der Waals surface area contributed by atoms with Gasteiger partial charge in [-0.1, -0.05) is 36.4 Å². The van der Waals surface area contributed by atoms with Gasteiger partial charge in [-0.15, -0.1) is 0 Å². The minimum absolute atomic E-state index is 0.0113. The molecule has 29 heavy (non-hydrogen) atoms. The van der Waals surface area contributed by atoms with Gasteiger partial charge in [-0.3, -0.25) is 9.59 Å². The van der Waals surface area contributed by atoms with Crippen molar-refractivity contribution in [2.24, 2.45) is 5.92 Å². The van der Waals surface area contributed by atoms with Crippen LogP contribution in [0, 0.1) is 5.92 Å². The maximum Gasteiger partial charge on any atom is 0.227 e. The second-order valence-corrected chi connectivity index (χ2v) is 7.44. The van der Waals surface area contributed by atoms with Gasteiger partial charge in [-0.2, -0.15) is 0 Å². The van der Waals surface area contributed by atoms with Gasteiger partial charge >= 0.3 is 0 Å². The molecule has 1 unspecified atom stereocenters. The van der Waals surface area contributed by atoms with Crippen LogP contribution < -0.4 is 10.6 Å². The van der Waals surface area contributed by atoms with Gasteiger partial charge in [0, 0.05) is 34.5 Å². The lowest BCUT2D eigenvalue weighted by Gasteiger charge is -2.24. The van der Waals surface area contributed by atoms with Gasteiger partial charge in [0.15, 0.2) is 0 Å². The molecule has 2 N–H and O–H groups in total. The number of rotatable bonds is 4. The lowest BCUT2D eigenvalue weighted by atomic mass is 9.89. The van der Waals surface area contributed by atoms with E-state index in [0.29, 0.717) is 19.3 Å². The van der Waals surface area contributed by atoms with Crippen LogP contribution in [0.25, 0.3) is 21.9 Å². The third-order valence-corrected chi connectivity index (χ3v) is 5.49. The van der Waals surface area contributed by atoms with Crippen LogP contribution in [0.2, 0.25) is 0 Å². The molecule has 0 fully saturated rings. The molecule has 5 rings (SSSR count). The van der Waals surface area contributed by atoms with Crippen molar-refractivity contribution in [2.45, 2.75) is 19.3 Å². The highest BCUT2D eigenvalue weighted by atomic mass is 16.3. The highest BCUT2D eigenvalue weighted by Crippen LogP contribution is 2.31. The van der Waals surface area contributed by atoms with E-state index in [1.807, 2.05) is 66.7 Å². The summed E-state index contributed by atoms with van der Waals surface area (Å²) in [5.74, 6) is -0.289. The summed E-state index contributed by atoms with van der Waals surface area (Å²) in [7, 11) is 0.